The average molecular weight is 405 g/mol. The van der Waals surface area contributed by atoms with Crippen LogP contribution in [0.1, 0.15) is 58.4 Å². The molecule has 6 nitrogen and oxygen atoms in total. The maximum Gasteiger partial charge on any atom is 0.255 e. The summed E-state index contributed by atoms with van der Waals surface area (Å²) in [5.41, 5.74) is 3.74. The first kappa shape index (κ1) is 19.1. The van der Waals surface area contributed by atoms with E-state index in [-0.39, 0.29) is 11.8 Å². The molecular weight excluding hydrogens is 376 g/mol. The van der Waals surface area contributed by atoms with E-state index in [1.165, 1.54) is 19.3 Å². The van der Waals surface area contributed by atoms with Crippen molar-refractivity contribution in [1.29, 1.82) is 0 Å². The van der Waals surface area contributed by atoms with Crippen LogP contribution in [0.3, 0.4) is 0 Å². The van der Waals surface area contributed by atoms with E-state index in [1.54, 1.807) is 18.5 Å². The summed E-state index contributed by atoms with van der Waals surface area (Å²) < 4.78 is 0. The minimum atomic E-state index is 0.0370. The van der Waals surface area contributed by atoms with Crippen LogP contribution in [0.25, 0.3) is 0 Å². The predicted molar refractivity (Wildman–Crippen MR) is 116 cm³/mol. The van der Waals surface area contributed by atoms with E-state index < -0.39 is 0 Å². The molecule has 0 radical (unpaired) electrons. The molecule has 6 heteroatoms. The number of carbonyl (C=O) groups is 2. The largest absolute Gasteiger partial charge is 0.368 e. The Morgan fingerprint density at radius 1 is 1.00 bits per heavy atom. The van der Waals surface area contributed by atoms with Gasteiger partial charge in [0.15, 0.2) is 0 Å². The van der Waals surface area contributed by atoms with Gasteiger partial charge in [0.05, 0.1) is 5.56 Å². The van der Waals surface area contributed by atoms with Crippen molar-refractivity contribution in [2.24, 2.45) is 0 Å². The predicted octanol–water partition coefficient (Wildman–Crippen LogP) is 3.33. The van der Waals surface area contributed by atoms with Gasteiger partial charge in [0.25, 0.3) is 11.8 Å². The van der Waals surface area contributed by atoms with Gasteiger partial charge < -0.3 is 14.7 Å². The van der Waals surface area contributed by atoms with Gasteiger partial charge in [-0.15, -0.1) is 0 Å². The molecule has 1 aromatic heterocycles. The standard InChI is InChI=1S/C24H28N4O2/c29-23(18-5-4-10-25-16-18)27-13-11-26(12-14-27)21-9-8-19-17-28(24(30)22(19)15-21)20-6-2-1-3-7-20/h4-5,8-10,15-16,20H,1-3,6-7,11-14,17H2. The summed E-state index contributed by atoms with van der Waals surface area (Å²) in [7, 11) is 0. The quantitative estimate of drug-likeness (QED) is 0.787. The van der Waals surface area contributed by atoms with Crippen LogP contribution in [0.5, 0.6) is 0 Å². The molecule has 0 atom stereocenters. The smallest absolute Gasteiger partial charge is 0.255 e. The molecule has 2 aromatic rings. The lowest BCUT2D eigenvalue weighted by molar-refractivity contribution is 0.0659. The zero-order chi connectivity index (χ0) is 20.5. The van der Waals surface area contributed by atoms with Crippen LogP contribution in [-0.4, -0.2) is 58.8 Å². The Kier molecular flexibility index (Phi) is 5.15. The molecule has 3 aliphatic rings. The Morgan fingerprint density at radius 2 is 1.80 bits per heavy atom. The number of carbonyl (C=O) groups excluding carboxylic acids is 2. The van der Waals surface area contributed by atoms with Crippen molar-refractivity contribution >= 4 is 17.5 Å². The zero-order valence-electron chi connectivity index (χ0n) is 17.3. The van der Waals surface area contributed by atoms with Crippen LogP contribution >= 0.6 is 0 Å². The first-order chi connectivity index (χ1) is 14.7. The molecule has 0 unspecified atom stereocenters. The van der Waals surface area contributed by atoms with E-state index in [2.05, 4.69) is 33.0 Å². The molecule has 2 amide bonds. The molecule has 30 heavy (non-hydrogen) atoms. The molecule has 3 heterocycles. The summed E-state index contributed by atoms with van der Waals surface area (Å²) in [5.74, 6) is 0.235. The minimum Gasteiger partial charge on any atom is -0.368 e. The van der Waals surface area contributed by atoms with Crippen LogP contribution in [0.15, 0.2) is 42.7 Å². The Morgan fingerprint density at radius 3 is 2.53 bits per heavy atom. The van der Waals surface area contributed by atoms with Crippen LogP contribution in [0, 0.1) is 0 Å². The molecule has 5 rings (SSSR count). The highest BCUT2D eigenvalue weighted by Crippen LogP contribution is 2.33. The molecule has 0 spiro atoms. The highest BCUT2D eigenvalue weighted by molar-refractivity contribution is 5.99. The second kappa shape index (κ2) is 8.09. The second-order valence-corrected chi connectivity index (χ2v) is 8.59. The van der Waals surface area contributed by atoms with Gasteiger partial charge in [-0.1, -0.05) is 25.3 Å². The van der Waals surface area contributed by atoms with Crippen molar-refractivity contribution in [3.8, 4) is 0 Å². The summed E-state index contributed by atoms with van der Waals surface area (Å²) in [5, 5.41) is 0. The third-order valence-corrected chi connectivity index (χ3v) is 6.78. The summed E-state index contributed by atoms with van der Waals surface area (Å²) >= 11 is 0. The van der Waals surface area contributed by atoms with Crippen LogP contribution in [0.4, 0.5) is 5.69 Å². The van der Waals surface area contributed by atoms with E-state index in [1.807, 2.05) is 11.0 Å². The average Bonchev–Trinajstić information content (AvgIpc) is 3.16. The molecule has 2 fully saturated rings. The fourth-order valence-corrected chi connectivity index (χ4v) is 5.04. The number of piperazine rings is 1. The normalized spacial score (nSPS) is 19.9. The Hall–Kier alpha value is -2.89. The number of amides is 2. The van der Waals surface area contributed by atoms with Gasteiger partial charge in [0.2, 0.25) is 0 Å². The van der Waals surface area contributed by atoms with Crippen molar-refractivity contribution in [2.75, 3.05) is 31.1 Å². The Balaban J connectivity index is 1.25. The van der Waals surface area contributed by atoms with Crippen LogP contribution in [-0.2, 0) is 6.54 Å². The van der Waals surface area contributed by atoms with Gasteiger partial charge in [-0.05, 0) is 42.7 Å². The fourth-order valence-electron chi connectivity index (χ4n) is 5.04. The molecular formula is C24H28N4O2. The maximum absolute atomic E-state index is 13.1. The number of rotatable bonds is 3. The third kappa shape index (κ3) is 3.55. The number of hydrogen-bond acceptors (Lipinski definition) is 4. The molecule has 1 saturated carbocycles. The maximum atomic E-state index is 13.1. The molecule has 1 aliphatic carbocycles. The van der Waals surface area contributed by atoms with Crippen molar-refractivity contribution in [1.82, 2.24) is 14.8 Å². The number of benzene rings is 1. The van der Waals surface area contributed by atoms with Gasteiger partial charge in [-0.2, -0.15) is 0 Å². The highest BCUT2D eigenvalue weighted by Gasteiger charge is 2.34. The number of pyridine rings is 1. The van der Waals surface area contributed by atoms with Crippen molar-refractivity contribution < 1.29 is 9.59 Å². The molecule has 2 aliphatic heterocycles. The molecule has 1 saturated heterocycles. The van der Waals surface area contributed by atoms with E-state index in [4.69, 9.17) is 0 Å². The van der Waals surface area contributed by atoms with Gasteiger partial charge in [0, 0.05) is 62.4 Å². The van der Waals surface area contributed by atoms with Gasteiger partial charge in [-0.25, -0.2) is 0 Å². The first-order valence-corrected chi connectivity index (χ1v) is 11.1. The van der Waals surface area contributed by atoms with Crippen LogP contribution in [0.2, 0.25) is 0 Å². The van der Waals surface area contributed by atoms with E-state index in [0.29, 0.717) is 24.7 Å². The minimum absolute atomic E-state index is 0.0370. The van der Waals surface area contributed by atoms with Gasteiger partial charge in [-0.3, -0.25) is 14.6 Å². The Labute approximate surface area is 177 Å². The summed E-state index contributed by atoms with van der Waals surface area (Å²) in [6.07, 6.45) is 9.35. The number of fused-ring (bicyclic) bond motifs is 1. The SMILES string of the molecule is O=C(c1cccnc1)N1CCN(c2ccc3c(c2)C(=O)N(C2CCCCC2)C3)CC1. The molecule has 156 valence electrons. The number of hydrogen-bond donors (Lipinski definition) is 0. The topological polar surface area (TPSA) is 56.8 Å². The third-order valence-electron chi connectivity index (χ3n) is 6.78. The number of anilines is 1. The number of aromatic nitrogens is 1. The second-order valence-electron chi connectivity index (χ2n) is 8.59. The number of nitrogens with zero attached hydrogens (tertiary/aromatic N) is 4. The summed E-state index contributed by atoms with van der Waals surface area (Å²) in [6.45, 7) is 3.64. The monoisotopic (exact) mass is 404 g/mol. The van der Waals surface area contributed by atoms with Crippen molar-refractivity contribution in [3.63, 3.8) is 0 Å². The fraction of sp³-hybridized carbons (Fsp3) is 0.458. The van der Waals surface area contributed by atoms with E-state index in [9.17, 15) is 9.59 Å². The summed E-state index contributed by atoms with van der Waals surface area (Å²) in [6, 6.07) is 10.3. The van der Waals surface area contributed by atoms with E-state index >= 15 is 0 Å². The Bertz CT molecular complexity index is 931. The van der Waals surface area contributed by atoms with E-state index in [0.717, 1.165) is 49.3 Å². The van der Waals surface area contributed by atoms with Gasteiger partial charge >= 0.3 is 0 Å². The molecule has 0 N–H and O–H groups in total. The summed E-state index contributed by atoms with van der Waals surface area (Å²) in [4.78, 5) is 36.0. The lowest BCUT2D eigenvalue weighted by Crippen LogP contribution is -2.48. The van der Waals surface area contributed by atoms with Crippen LogP contribution < -0.4 is 4.90 Å². The van der Waals surface area contributed by atoms with Gasteiger partial charge in [0.1, 0.15) is 0 Å². The lowest BCUT2D eigenvalue weighted by Gasteiger charge is -2.36. The first-order valence-electron chi connectivity index (χ1n) is 11.1. The van der Waals surface area contributed by atoms with Crippen molar-refractivity contribution in [2.45, 2.75) is 44.7 Å². The molecule has 0 bridgehead atoms. The highest BCUT2D eigenvalue weighted by atomic mass is 16.2. The molecule has 1 aromatic carbocycles. The zero-order valence-corrected chi connectivity index (χ0v) is 17.3. The van der Waals surface area contributed by atoms with Crippen molar-refractivity contribution in [3.05, 3.63) is 59.4 Å². The lowest BCUT2D eigenvalue weighted by atomic mass is 9.94.